The first kappa shape index (κ1) is 10.6. The lowest BCUT2D eigenvalue weighted by atomic mass is 10.5. The van der Waals surface area contributed by atoms with Gasteiger partial charge in [-0.3, -0.25) is 4.99 Å². The van der Waals surface area contributed by atoms with Crippen molar-refractivity contribution in [3.8, 4) is 0 Å². The van der Waals surface area contributed by atoms with Gasteiger partial charge in [0.2, 0.25) is 0 Å². The number of hydrogen-bond donors (Lipinski definition) is 0. The molecule has 0 saturated heterocycles. The minimum atomic E-state index is -3.39. The molecule has 0 aliphatic rings. The maximum absolute atomic E-state index is 11.1. The molecule has 1 heterocycles. The lowest BCUT2D eigenvalue weighted by molar-refractivity contribution is 0.586. The third-order valence-electron chi connectivity index (χ3n) is 1.41. The van der Waals surface area contributed by atoms with Crippen LogP contribution in [0.5, 0.6) is 0 Å². The van der Waals surface area contributed by atoms with Gasteiger partial charge in [-0.05, 0) is 13.6 Å². The van der Waals surface area contributed by atoms with Gasteiger partial charge < -0.3 is 0 Å². The largest absolute Gasteiger partial charge is 0.256 e. The fourth-order valence-corrected chi connectivity index (χ4v) is 1.37. The monoisotopic (exact) mass is 214 g/mol. The molecule has 0 unspecified atom stereocenters. The molecule has 0 N–H and O–H groups in total. The molecule has 0 aliphatic heterocycles. The van der Waals surface area contributed by atoms with Crippen LogP contribution in [-0.2, 0) is 10.0 Å². The summed E-state index contributed by atoms with van der Waals surface area (Å²) in [5.74, 6) is 0.202. The fraction of sp³-hybridized carbons (Fsp3) is 0.286. The van der Waals surface area contributed by atoms with Crippen LogP contribution in [0.25, 0.3) is 0 Å². The number of hydrogen-bond acceptors (Lipinski definition) is 5. The van der Waals surface area contributed by atoms with E-state index in [4.69, 9.17) is 0 Å². The summed E-state index contributed by atoms with van der Waals surface area (Å²) in [5.41, 5.74) is 0.382. The van der Waals surface area contributed by atoms with Crippen molar-refractivity contribution in [3.05, 3.63) is 6.20 Å². The average Bonchev–Trinajstić information content (AvgIpc) is 2.47. The third-order valence-corrected chi connectivity index (χ3v) is 2.28. The Labute approximate surface area is 82.0 Å². The van der Waals surface area contributed by atoms with Gasteiger partial charge in [-0.15, -0.1) is 5.10 Å². The molecule has 0 fully saturated rings. The van der Waals surface area contributed by atoms with Crippen LogP contribution < -0.4 is 0 Å². The molecule has 7 heteroatoms. The van der Waals surface area contributed by atoms with Crippen molar-refractivity contribution >= 4 is 34.5 Å². The molecule has 0 aliphatic carbocycles. The minimum Gasteiger partial charge on any atom is -0.256 e. The first-order valence-corrected chi connectivity index (χ1v) is 5.59. The molecule has 0 amide bonds. The Kier molecular flexibility index (Phi) is 2.80. The highest BCUT2D eigenvalue weighted by Crippen LogP contribution is 2.25. The second-order valence-corrected chi connectivity index (χ2v) is 4.36. The van der Waals surface area contributed by atoms with E-state index in [-0.39, 0.29) is 5.82 Å². The maximum atomic E-state index is 11.1. The van der Waals surface area contributed by atoms with E-state index in [0.717, 1.165) is 10.3 Å². The van der Waals surface area contributed by atoms with Crippen LogP contribution in [0, 0.1) is 0 Å². The molecule has 1 rings (SSSR count). The summed E-state index contributed by atoms with van der Waals surface area (Å²) in [6, 6.07) is 0. The van der Waals surface area contributed by atoms with E-state index in [2.05, 4.69) is 21.8 Å². The molecule has 0 atom stereocenters. The van der Waals surface area contributed by atoms with Gasteiger partial charge in [0.15, 0.2) is 5.82 Å². The summed E-state index contributed by atoms with van der Waals surface area (Å²) in [7, 11) is -3.39. The SMILES string of the molecule is C=Nc1nn(S(C)(=O)=O)cc1N=CC. The molecule has 0 aromatic carbocycles. The van der Waals surface area contributed by atoms with Crippen LogP contribution in [0.15, 0.2) is 16.2 Å². The zero-order valence-corrected chi connectivity index (χ0v) is 8.69. The summed E-state index contributed by atoms with van der Waals surface area (Å²) in [6.45, 7) is 4.99. The van der Waals surface area contributed by atoms with Gasteiger partial charge in [0.1, 0.15) is 5.69 Å². The standard InChI is InChI=1S/C7H10N4O2S/c1-4-9-6-5-11(14(3,12)13)10-7(6)8-2/h4-5H,2H2,1,3H3. The Hall–Kier alpha value is -1.50. The van der Waals surface area contributed by atoms with Crippen LogP contribution in [0.1, 0.15) is 6.92 Å². The summed E-state index contributed by atoms with van der Waals surface area (Å²) >= 11 is 0. The first-order chi connectivity index (χ1) is 6.49. The number of nitrogens with zero attached hydrogens (tertiary/aromatic N) is 4. The summed E-state index contributed by atoms with van der Waals surface area (Å²) in [5, 5.41) is 3.70. The predicted molar refractivity (Wildman–Crippen MR) is 55.5 cm³/mol. The molecule has 0 radical (unpaired) electrons. The van der Waals surface area contributed by atoms with E-state index in [1.807, 2.05) is 0 Å². The van der Waals surface area contributed by atoms with E-state index >= 15 is 0 Å². The fourth-order valence-electron chi connectivity index (χ4n) is 0.848. The molecule has 1 aromatic heterocycles. The number of aromatic nitrogens is 2. The third kappa shape index (κ3) is 2.05. The Balaban J connectivity index is 3.34. The van der Waals surface area contributed by atoms with E-state index in [1.165, 1.54) is 12.4 Å². The normalized spacial score (nSPS) is 12.1. The van der Waals surface area contributed by atoms with Gasteiger partial charge in [0.25, 0.3) is 10.0 Å². The van der Waals surface area contributed by atoms with Crippen molar-refractivity contribution in [3.63, 3.8) is 0 Å². The number of aliphatic imine (C=N–C) groups is 2. The summed E-state index contributed by atoms with van der Waals surface area (Å²) < 4.78 is 23.0. The highest BCUT2D eigenvalue weighted by atomic mass is 32.2. The second kappa shape index (κ2) is 3.70. The molecule has 76 valence electrons. The highest BCUT2D eigenvalue weighted by molar-refractivity contribution is 7.89. The molecule has 0 bridgehead atoms. The smallest absolute Gasteiger partial charge is 0.251 e. The van der Waals surface area contributed by atoms with Gasteiger partial charge in [-0.2, -0.15) is 4.09 Å². The Morgan fingerprint density at radius 2 is 2.29 bits per heavy atom. The second-order valence-electron chi connectivity index (χ2n) is 2.52. The van der Waals surface area contributed by atoms with Gasteiger partial charge in [-0.1, -0.05) is 0 Å². The Morgan fingerprint density at radius 3 is 2.71 bits per heavy atom. The molecule has 6 nitrogen and oxygen atoms in total. The maximum Gasteiger partial charge on any atom is 0.251 e. The van der Waals surface area contributed by atoms with Crippen molar-refractivity contribution in [2.75, 3.05) is 6.26 Å². The molecular formula is C7H10N4O2S. The van der Waals surface area contributed by atoms with Crippen molar-refractivity contribution in [2.24, 2.45) is 9.98 Å². The molecule has 1 aromatic rings. The number of rotatable bonds is 3. The van der Waals surface area contributed by atoms with Crippen molar-refractivity contribution in [2.45, 2.75) is 6.92 Å². The van der Waals surface area contributed by atoms with Crippen LogP contribution in [0.3, 0.4) is 0 Å². The Morgan fingerprint density at radius 1 is 1.64 bits per heavy atom. The van der Waals surface area contributed by atoms with Gasteiger partial charge in [0, 0.05) is 6.21 Å². The quantitative estimate of drug-likeness (QED) is 0.696. The molecule has 14 heavy (non-hydrogen) atoms. The Bertz CT molecular complexity index is 472. The first-order valence-electron chi connectivity index (χ1n) is 3.74. The topological polar surface area (TPSA) is 76.7 Å². The van der Waals surface area contributed by atoms with Gasteiger partial charge in [-0.25, -0.2) is 13.4 Å². The van der Waals surface area contributed by atoms with E-state index in [9.17, 15) is 8.42 Å². The van der Waals surface area contributed by atoms with Crippen LogP contribution in [0.2, 0.25) is 0 Å². The van der Waals surface area contributed by atoms with Crippen LogP contribution >= 0.6 is 0 Å². The van der Waals surface area contributed by atoms with Gasteiger partial charge in [0.05, 0.1) is 12.5 Å². The van der Waals surface area contributed by atoms with Gasteiger partial charge >= 0.3 is 0 Å². The zero-order valence-electron chi connectivity index (χ0n) is 7.88. The van der Waals surface area contributed by atoms with Crippen LogP contribution in [0.4, 0.5) is 11.5 Å². The lowest BCUT2D eigenvalue weighted by Gasteiger charge is -1.92. The minimum absolute atomic E-state index is 0.202. The average molecular weight is 214 g/mol. The summed E-state index contributed by atoms with van der Waals surface area (Å²) in [4.78, 5) is 7.47. The van der Waals surface area contributed by atoms with Crippen molar-refractivity contribution < 1.29 is 8.42 Å². The van der Waals surface area contributed by atoms with E-state index in [0.29, 0.717) is 5.69 Å². The molecular weight excluding hydrogens is 204 g/mol. The van der Waals surface area contributed by atoms with Crippen LogP contribution in [-0.4, -0.2) is 36.8 Å². The van der Waals surface area contributed by atoms with E-state index < -0.39 is 10.0 Å². The molecule has 0 spiro atoms. The predicted octanol–water partition coefficient (Wildman–Crippen LogP) is 0.745. The highest BCUT2D eigenvalue weighted by Gasteiger charge is 2.12. The van der Waals surface area contributed by atoms with Crippen molar-refractivity contribution in [1.29, 1.82) is 0 Å². The zero-order chi connectivity index (χ0) is 10.8. The summed E-state index contributed by atoms with van der Waals surface area (Å²) in [6.07, 6.45) is 3.87. The van der Waals surface area contributed by atoms with Crippen molar-refractivity contribution in [1.82, 2.24) is 9.19 Å². The lowest BCUT2D eigenvalue weighted by Crippen LogP contribution is -2.09. The molecule has 0 saturated carbocycles. The van der Waals surface area contributed by atoms with E-state index in [1.54, 1.807) is 6.92 Å².